The van der Waals surface area contributed by atoms with Crippen LogP contribution >= 0.6 is 0 Å². The van der Waals surface area contributed by atoms with Gasteiger partial charge in [-0.15, -0.1) is 0 Å². The molecule has 0 unspecified atom stereocenters. The molecule has 5 nitrogen and oxygen atoms in total. The van der Waals surface area contributed by atoms with Gasteiger partial charge in [-0.3, -0.25) is 14.2 Å². The molecule has 2 heterocycles. The zero-order chi connectivity index (χ0) is 19.8. The lowest BCUT2D eigenvalue weighted by molar-refractivity contribution is 0.102. The van der Waals surface area contributed by atoms with Crippen molar-refractivity contribution in [2.24, 2.45) is 0 Å². The van der Waals surface area contributed by atoms with Gasteiger partial charge in [-0.1, -0.05) is 18.6 Å². The van der Waals surface area contributed by atoms with Crippen molar-refractivity contribution in [3.8, 4) is 0 Å². The van der Waals surface area contributed by atoms with Crippen LogP contribution in [0.3, 0.4) is 0 Å². The largest absolute Gasteiger partial charge is 0.322 e. The Labute approximate surface area is 169 Å². The molecular weight excluding hydrogens is 362 g/mol. The predicted octanol–water partition coefficient (Wildman–Crippen LogP) is 4.25. The van der Waals surface area contributed by atoms with Crippen molar-refractivity contribution in [3.05, 3.63) is 69.3 Å². The van der Waals surface area contributed by atoms with E-state index in [-0.39, 0.29) is 11.5 Å². The number of anilines is 1. The quantitative estimate of drug-likeness (QED) is 0.715. The third kappa shape index (κ3) is 3.35. The third-order valence-corrected chi connectivity index (χ3v) is 6.22. The summed E-state index contributed by atoms with van der Waals surface area (Å²) < 4.78 is 1.81. The van der Waals surface area contributed by atoms with E-state index in [1.807, 2.05) is 16.7 Å². The van der Waals surface area contributed by atoms with E-state index in [0.29, 0.717) is 16.5 Å². The van der Waals surface area contributed by atoms with E-state index in [0.717, 1.165) is 63.0 Å². The van der Waals surface area contributed by atoms with Crippen LogP contribution in [0.25, 0.3) is 10.9 Å². The van der Waals surface area contributed by atoms with Gasteiger partial charge < -0.3 is 5.32 Å². The second-order valence-electron chi connectivity index (χ2n) is 8.13. The van der Waals surface area contributed by atoms with Crippen molar-refractivity contribution in [3.63, 3.8) is 0 Å². The standard InChI is InChI=1S/C24H25N3O2/c28-23(26-20-10-6-8-16-7-3-4-9-18(16)20)17-12-13-19-21(15-17)25-22-11-2-1-5-14-27(22)24(19)29/h6,8,10,12-13,15H,1-5,7,9,11,14H2,(H,26,28). The number of amides is 1. The van der Waals surface area contributed by atoms with Gasteiger partial charge in [-0.25, -0.2) is 4.98 Å². The predicted molar refractivity (Wildman–Crippen MR) is 115 cm³/mol. The highest BCUT2D eigenvalue weighted by Crippen LogP contribution is 2.28. The van der Waals surface area contributed by atoms with Crippen molar-refractivity contribution in [2.45, 2.75) is 57.9 Å². The molecular formula is C24H25N3O2. The summed E-state index contributed by atoms with van der Waals surface area (Å²) in [6.07, 6.45) is 8.46. The van der Waals surface area contributed by atoms with Gasteiger partial charge in [0.25, 0.3) is 11.5 Å². The zero-order valence-corrected chi connectivity index (χ0v) is 16.5. The minimum atomic E-state index is -0.150. The molecule has 0 saturated heterocycles. The number of carbonyl (C=O) groups excluding carboxylic acids is 1. The number of aryl methyl sites for hydroxylation is 2. The molecule has 0 fully saturated rings. The minimum absolute atomic E-state index is 0.0102. The molecule has 0 bridgehead atoms. The van der Waals surface area contributed by atoms with Gasteiger partial charge in [0.2, 0.25) is 0 Å². The molecule has 3 aromatic rings. The summed E-state index contributed by atoms with van der Waals surface area (Å²) in [6.45, 7) is 0.735. The normalized spacial score (nSPS) is 16.0. The van der Waals surface area contributed by atoms with Crippen LogP contribution in [0, 0.1) is 0 Å². The van der Waals surface area contributed by atoms with E-state index in [1.54, 1.807) is 18.2 Å². The maximum Gasteiger partial charge on any atom is 0.261 e. The van der Waals surface area contributed by atoms with Crippen molar-refractivity contribution in [1.29, 1.82) is 0 Å². The molecule has 5 heteroatoms. The average molecular weight is 387 g/mol. The second-order valence-corrected chi connectivity index (χ2v) is 8.13. The zero-order valence-electron chi connectivity index (χ0n) is 16.5. The fourth-order valence-corrected chi connectivity index (χ4v) is 4.65. The molecule has 0 saturated carbocycles. The molecule has 1 aliphatic carbocycles. The van der Waals surface area contributed by atoms with E-state index in [9.17, 15) is 9.59 Å². The van der Waals surface area contributed by atoms with E-state index in [2.05, 4.69) is 11.4 Å². The van der Waals surface area contributed by atoms with Crippen LogP contribution in [-0.4, -0.2) is 15.5 Å². The van der Waals surface area contributed by atoms with Crippen molar-refractivity contribution in [1.82, 2.24) is 9.55 Å². The Morgan fingerprint density at radius 1 is 0.966 bits per heavy atom. The molecule has 29 heavy (non-hydrogen) atoms. The molecule has 1 amide bonds. The lowest BCUT2D eigenvalue weighted by Gasteiger charge is -2.19. The molecule has 1 N–H and O–H groups in total. The van der Waals surface area contributed by atoms with E-state index in [1.165, 1.54) is 17.5 Å². The van der Waals surface area contributed by atoms with Crippen LogP contribution in [0.2, 0.25) is 0 Å². The Balaban J connectivity index is 1.49. The van der Waals surface area contributed by atoms with Crippen molar-refractivity contribution < 1.29 is 4.79 Å². The van der Waals surface area contributed by atoms with Crippen molar-refractivity contribution >= 4 is 22.5 Å². The molecule has 1 aromatic heterocycles. The number of carbonyl (C=O) groups is 1. The van der Waals surface area contributed by atoms with Crippen LogP contribution in [0.4, 0.5) is 5.69 Å². The number of fused-ring (bicyclic) bond motifs is 3. The molecule has 2 aliphatic rings. The molecule has 5 rings (SSSR count). The SMILES string of the molecule is O=C(Nc1cccc2c1CCCC2)c1ccc2c(=O)n3c(nc2c1)CCCCC3. The highest BCUT2D eigenvalue weighted by Gasteiger charge is 2.17. The average Bonchev–Trinajstić information content (AvgIpc) is 2.99. The van der Waals surface area contributed by atoms with E-state index >= 15 is 0 Å². The summed E-state index contributed by atoms with van der Waals surface area (Å²) in [7, 11) is 0. The third-order valence-electron chi connectivity index (χ3n) is 6.22. The number of rotatable bonds is 2. The van der Waals surface area contributed by atoms with Crippen LogP contribution < -0.4 is 10.9 Å². The summed E-state index contributed by atoms with van der Waals surface area (Å²) in [5.74, 6) is 0.692. The van der Waals surface area contributed by atoms with Gasteiger partial charge in [0.15, 0.2) is 0 Å². The number of aromatic nitrogens is 2. The lowest BCUT2D eigenvalue weighted by Crippen LogP contribution is -2.24. The number of hydrogen-bond acceptors (Lipinski definition) is 3. The van der Waals surface area contributed by atoms with E-state index in [4.69, 9.17) is 4.98 Å². The lowest BCUT2D eigenvalue weighted by atomic mass is 9.90. The first-order valence-electron chi connectivity index (χ1n) is 10.7. The van der Waals surface area contributed by atoms with Crippen LogP contribution in [0.5, 0.6) is 0 Å². The molecule has 0 radical (unpaired) electrons. The summed E-state index contributed by atoms with van der Waals surface area (Å²) in [6, 6.07) is 11.4. The van der Waals surface area contributed by atoms with Crippen molar-refractivity contribution in [2.75, 3.05) is 5.32 Å². The highest BCUT2D eigenvalue weighted by molar-refractivity contribution is 6.06. The number of nitrogens with one attached hydrogen (secondary N) is 1. The summed E-state index contributed by atoms with van der Waals surface area (Å²) in [5.41, 5.74) is 4.67. The smallest absolute Gasteiger partial charge is 0.261 e. The Hall–Kier alpha value is -2.95. The molecule has 0 atom stereocenters. The first kappa shape index (κ1) is 18.1. The topological polar surface area (TPSA) is 64.0 Å². The Morgan fingerprint density at radius 3 is 2.76 bits per heavy atom. The van der Waals surface area contributed by atoms with Gasteiger partial charge in [0.05, 0.1) is 10.9 Å². The van der Waals surface area contributed by atoms with Gasteiger partial charge in [0, 0.05) is 24.2 Å². The van der Waals surface area contributed by atoms with E-state index < -0.39 is 0 Å². The molecule has 0 spiro atoms. The monoisotopic (exact) mass is 387 g/mol. The van der Waals surface area contributed by atoms with Crippen LogP contribution in [0.1, 0.15) is 59.4 Å². The molecule has 2 aromatic carbocycles. The van der Waals surface area contributed by atoms with Gasteiger partial charge in [0.1, 0.15) is 5.82 Å². The van der Waals surface area contributed by atoms with Gasteiger partial charge >= 0.3 is 0 Å². The fourth-order valence-electron chi connectivity index (χ4n) is 4.65. The van der Waals surface area contributed by atoms with Crippen LogP contribution in [-0.2, 0) is 25.8 Å². The maximum absolute atomic E-state index is 13.0. The Morgan fingerprint density at radius 2 is 1.83 bits per heavy atom. The number of nitrogens with zero attached hydrogens (tertiary/aromatic N) is 2. The van der Waals surface area contributed by atoms with Crippen LogP contribution in [0.15, 0.2) is 41.2 Å². The van der Waals surface area contributed by atoms with Gasteiger partial charge in [-0.05, 0) is 73.9 Å². The summed E-state index contributed by atoms with van der Waals surface area (Å²) in [5, 5.41) is 3.68. The fraction of sp³-hybridized carbons (Fsp3) is 0.375. The number of benzene rings is 2. The molecule has 148 valence electrons. The number of hydrogen-bond donors (Lipinski definition) is 1. The Bertz CT molecular complexity index is 1160. The molecule has 1 aliphatic heterocycles. The second kappa shape index (κ2) is 7.47. The maximum atomic E-state index is 13.0. The van der Waals surface area contributed by atoms with Gasteiger partial charge in [-0.2, -0.15) is 0 Å². The first-order chi connectivity index (χ1) is 14.2. The highest BCUT2D eigenvalue weighted by atomic mass is 16.1. The summed E-state index contributed by atoms with van der Waals surface area (Å²) in [4.78, 5) is 30.6. The first-order valence-corrected chi connectivity index (χ1v) is 10.7. The Kier molecular flexibility index (Phi) is 4.66. The summed E-state index contributed by atoms with van der Waals surface area (Å²) >= 11 is 0. The minimum Gasteiger partial charge on any atom is -0.322 e.